The first-order valence-electron chi connectivity index (χ1n) is 6.84. The number of hydrogen-bond acceptors (Lipinski definition) is 3. The van der Waals surface area contributed by atoms with E-state index in [4.69, 9.17) is 4.74 Å². The third-order valence-electron chi connectivity index (χ3n) is 2.74. The quantitative estimate of drug-likeness (QED) is 0.853. The molecule has 5 heteroatoms. The molecule has 1 rings (SSSR count). The van der Waals surface area contributed by atoms with Crippen molar-refractivity contribution in [3.63, 3.8) is 0 Å². The number of carbonyl (C=O) groups is 1. The Morgan fingerprint density at radius 2 is 1.71 bits per heavy atom. The number of halogens is 2. The number of hydrogen-bond donors (Lipinski definition) is 1. The molecule has 1 aromatic carbocycles. The molecule has 0 heterocycles. The minimum atomic E-state index is -0.753. The first kappa shape index (κ1) is 17.4. The van der Waals surface area contributed by atoms with Crippen LogP contribution in [0.1, 0.15) is 41.5 Å². The van der Waals surface area contributed by atoms with E-state index >= 15 is 0 Å². The predicted molar refractivity (Wildman–Crippen MR) is 79.1 cm³/mol. The molecular weight excluding hydrogens is 276 g/mol. The van der Waals surface area contributed by atoms with Gasteiger partial charge in [-0.25, -0.2) is 13.6 Å². The summed E-state index contributed by atoms with van der Waals surface area (Å²) in [6.07, 6.45) is 0. The summed E-state index contributed by atoms with van der Waals surface area (Å²) in [4.78, 5) is 12.3. The van der Waals surface area contributed by atoms with Gasteiger partial charge in [-0.15, -0.1) is 0 Å². The van der Waals surface area contributed by atoms with Crippen molar-refractivity contribution in [2.75, 3.05) is 5.32 Å². The summed E-state index contributed by atoms with van der Waals surface area (Å²) in [5, 5.41) is 2.82. The lowest BCUT2D eigenvalue weighted by atomic mass is 9.86. The van der Waals surface area contributed by atoms with E-state index in [9.17, 15) is 13.6 Å². The third kappa shape index (κ3) is 5.33. The van der Waals surface area contributed by atoms with Gasteiger partial charge in [0.05, 0.1) is 5.69 Å². The molecule has 118 valence electrons. The fourth-order valence-corrected chi connectivity index (χ4v) is 1.75. The molecule has 1 aromatic rings. The summed E-state index contributed by atoms with van der Waals surface area (Å²) in [6.45, 7) is 10.8. The van der Waals surface area contributed by atoms with Gasteiger partial charge < -0.3 is 10.1 Å². The highest BCUT2D eigenvalue weighted by Crippen LogP contribution is 2.27. The fraction of sp³-hybridized carbons (Fsp3) is 0.562. The van der Waals surface area contributed by atoms with Crippen LogP contribution in [0.15, 0.2) is 18.2 Å². The van der Waals surface area contributed by atoms with Gasteiger partial charge in [0.15, 0.2) is 0 Å². The van der Waals surface area contributed by atoms with Crippen molar-refractivity contribution < 1.29 is 18.3 Å². The lowest BCUT2D eigenvalue weighted by Gasteiger charge is -2.33. The number of nitrogens with one attached hydrogen (secondary N) is 1. The van der Waals surface area contributed by atoms with Crippen molar-refractivity contribution >= 4 is 11.7 Å². The molecule has 0 amide bonds. The van der Waals surface area contributed by atoms with Gasteiger partial charge in [0, 0.05) is 6.07 Å². The number of carbonyl (C=O) groups excluding carboxylic acids is 1. The zero-order valence-corrected chi connectivity index (χ0v) is 13.4. The van der Waals surface area contributed by atoms with E-state index in [0.29, 0.717) is 0 Å². The standard InChI is InChI=1S/C16H23F2NO2/c1-15(2,3)13(14(20)21-16(4,5)6)19-12-8-7-10(17)9-11(12)18/h7-9,13,19H,1-6H3/t13-/m1/s1. The minimum Gasteiger partial charge on any atom is -0.458 e. The fourth-order valence-electron chi connectivity index (χ4n) is 1.75. The topological polar surface area (TPSA) is 38.3 Å². The molecule has 3 nitrogen and oxygen atoms in total. The molecule has 1 N–H and O–H groups in total. The van der Waals surface area contributed by atoms with Crippen LogP contribution in [-0.4, -0.2) is 17.6 Å². The van der Waals surface area contributed by atoms with Crippen LogP contribution in [0, 0.1) is 17.0 Å². The third-order valence-corrected chi connectivity index (χ3v) is 2.74. The maximum atomic E-state index is 13.7. The van der Waals surface area contributed by atoms with E-state index in [1.807, 2.05) is 20.8 Å². The number of benzene rings is 1. The van der Waals surface area contributed by atoms with Crippen LogP contribution in [0.5, 0.6) is 0 Å². The molecule has 0 aromatic heterocycles. The Labute approximate surface area is 124 Å². The molecule has 1 atom stereocenters. The van der Waals surface area contributed by atoms with E-state index in [1.165, 1.54) is 6.07 Å². The maximum Gasteiger partial charge on any atom is 0.329 e. The van der Waals surface area contributed by atoms with E-state index in [1.54, 1.807) is 20.8 Å². The summed E-state index contributed by atoms with van der Waals surface area (Å²) in [6, 6.07) is 2.43. The molecule has 21 heavy (non-hydrogen) atoms. The summed E-state index contributed by atoms with van der Waals surface area (Å²) in [7, 11) is 0. The van der Waals surface area contributed by atoms with E-state index in [-0.39, 0.29) is 5.69 Å². The average molecular weight is 299 g/mol. The van der Waals surface area contributed by atoms with Crippen LogP contribution in [-0.2, 0) is 9.53 Å². The molecule has 0 radical (unpaired) electrons. The van der Waals surface area contributed by atoms with Crippen molar-refractivity contribution in [2.24, 2.45) is 5.41 Å². The van der Waals surface area contributed by atoms with Crippen LogP contribution in [0.3, 0.4) is 0 Å². The highest BCUT2D eigenvalue weighted by molar-refractivity contribution is 5.80. The summed E-state index contributed by atoms with van der Waals surface area (Å²) < 4.78 is 32.1. The monoisotopic (exact) mass is 299 g/mol. The first-order chi connectivity index (χ1) is 9.40. The summed E-state index contributed by atoms with van der Waals surface area (Å²) >= 11 is 0. The largest absolute Gasteiger partial charge is 0.458 e. The van der Waals surface area contributed by atoms with Crippen LogP contribution < -0.4 is 5.32 Å². The Kier molecular flexibility index (Phi) is 4.97. The van der Waals surface area contributed by atoms with Gasteiger partial charge in [-0.2, -0.15) is 0 Å². The molecule has 0 aliphatic carbocycles. The smallest absolute Gasteiger partial charge is 0.329 e. The van der Waals surface area contributed by atoms with Crippen LogP contribution >= 0.6 is 0 Å². The van der Waals surface area contributed by atoms with Crippen LogP contribution in [0.25, 0.3) is 0 Å². The van der Waals surface area contributed by atoms with Crippen molar-refractivity contribution in [1.82, 2.24) is 0 Å². The first-order valence-corrected chi connectivity index (χ1v) is 6.84. The van der Waals surface area contributed by atoms with Crippen molar-refractivity contribution in [3.8, 4) is 0 Å². The van der Waals surface area contributed by atoms with Crippen molar-refractivity contribution in [2.45, 2.75) is 53.2 Å². The Balaban J connectivity index is 3.02. The van der Waals surface area contributed by atoms with E-state index < -0.39 is 34.7 Å². The van der Waals surface area contributed by atoms with Gasteiger partial charge >= 0.3 is 5.97 Å². The average Bonchev–Trinajstić information content (AvgIpc) is 2.23. The minimum absolute atomic E-state index is 0.0715. The molecule has 0 saturated carbocycles. The van der Waals surface area contributed by atoms with Crippen LogP contribution in [0.2, 0.25) is 0 Å². The normalized spacial score (nSPS) is 13.7. The van der Waals surface area contributed by atoms with Crippen molar-refractivity contribution in [1.29, 1.82) is 0 Å². The number of anilines is 1. The van der Waals surface area contributed by atoms with Gasteiger partial charge in [0.25, 0.3) is 0 Å². The second-order valence-corrected chi connectivity index (χ2v) is 7.10. The second-order valence-electron chi connectivity index (χ2n) is 7.10. The molecular formula is C16H23F2NO2. The number of ether oxygens (including phenoxy) is 1. The number of rotatable bonds is 3. The Hall–Kier alpha value is -1.65. The Morgan fingerprint density at radius 3 is 2.14 bits per heavy atom. The van der Waals surface area contributed by atoms with Gasteiger partial charge in [0.1, 0.15) is 23.3 Å². The zero-order valence-electron chi connectivity index (χ0n) is 13.4. The highest BCUT2D eigenvalue weighted by Gasteiger charge is 2.35. The molecule has 0 aliphatic heterocycles. The lowest BCUT2D eigenvalue weighted by Crippen LogP contribution is -2.45. The Bertz CT molecular complexity index is 516. The van der Waals surface area contributed by atoms with Gasteiger partial charge in [0.2, 0.25) is 0 Å². The maximum absolute atomic E-state index is 13.7. The number of esters is 1. The van der Waals surface area contributed by atoms with E-state index in [2.05, 4.69) is 5.32 Å². The van der Waals surface area contributed by atoms with Crippen LogP contribution in [0.4, 0.5) is 14.5 Å². The molecule has 0 fully saturated rings. The second kappa shape index (κ2) is 6.00. The van der Waals surface area contributed by atoms with Crippen molar-refractivity contribution in [3.05, 3.63) is 29.8 Å². The zero-order chi connectivity index (χ0) is 16.4. The highest BCUT2D eigenvalue weighted by atomic mass is 19.1. The molecule has 0 unspecified atom stereocenters. The lowest BCUT2D eigenvalue weighted by molar-refractivity contribution is -0.158. The SMILES string of the molecule is CC(C)(C)OC(=O)[C@@H](Nc1ccc(F)cc1F)C(C)(C)C. The van der Waals surface area contributed by atoms with Gasteiger partial charge in [-0.05, 0) is 38.3 Å². The Morgan fingerprint density at radius 1 is 1.14 bits per heavy atom. The summed E-state index contributed by atoms with van der Waals surface area (Å²) in [5.74, 6) is -1.88. The van der Waals surface area contributed by atoms with E-state index in [0.717, 1.165) is 12.1 Å². The molecule has 0 aliphatic rings. The molecule has 0 bridgehead atoms. The molecule has 0 saturated heterocycles. The van der Waals surface area contributed by atoms with Gasteiger partial charge in [-0.1, -0.05) is 20.8 Å². The molecule has 0 spiro atoms. The summed E-state index contributed by atoms with van der Waals surface area (Å²) in [5.41, 5.74) is -1.06. The predicted octanol–water partition coefficient (Wildman–Crippen LogP) is 4.13. The van der Waals surface area contributed by atoms with Gasteiger partial charge in [-0.3, -0.25) is 0 Å².